The van der Waals surface area contributed by atoms with Crippen LogP contribution in [0.5, 0.6) is 5.75 Å². The van der Waals surface area contributed by atoms with Gasteiger partial charge in [0.1, 0.15) is 17.8 Å². The van der Waals surface area contributed by atoms with Gasteiger partial charge in [-0.15, -0.1) is 12.4 Å². The molecule has 6 rings (SSSR count). The molecule has 164 valence electrons. The van der Waals surface area contributed by atoms with Gasteiger partial charge in [-0.3, -0.25) is 10.4 Å². The van der Waals surface area contributed by atoms with Gasteiger partial charge in [0.25, 0.3) is 0 Å². The zero-order valence-electron chi connectivity index (χ0n) is 17.9. The number of ether oxygens (including phenoxy) is 1. The first kappa shape index (κ1) is 20.8. The predicted octanol–water partition coefficient (Wildman–Crippen LogP) is 4.19. The Kier molecular flexibility index (Phi) is 5.27. The van der Waals surface area contributed by atoms with E-state index in [1.807, 2.05) is 35.0 Å². The van der Waals surface area contributed by atoms with Crippen molar-refractivity contribution in [2.45, 2.75) is 38.0 Å². The molecule has 0 saturated carbocycles. The summed E-state index contributed by atoms with van der Waals surface area (Å²) in [5.41, 5.74) is 6.42. The molecule has 7 heteroatoms. The van der Waals surface area contributed by atoms with Crippen molar-refractivity contribution in [2.75, 3.05) is 0 Å². The first-order valence-electron chi connectivity index (χ1n) is 10.8. The van der Waals surface area contributed by atoms with Crippen LogP contribution < -0.4 is 15.5 Å². The van der Waals surface area contributed by atoms with Crippen LogP contribution in [0.1, 0.15) is 35.8 Å². The minimum absolute atomic E-state index is 0. The number of benzene rings is 1. The second kappa shape index (κ2) is 8.11. The molecule has 5 heterocycles. The summed E-state index contributed by atoms with van der Waals surface area (Å²) in [4.78, 5) is 4.28. The number of hydrogen-bond acceptors (Lipinski definition) is 4. The van der Waals surface area contributed by atoms with Crippen molar-refractivity contribution >= 4 is 23.3 Å². The van der Waals surface area contributed by atoms with Crippen molar-refractivity contribution < 1.29 is 4.74 Å². The molecule has 2 atom stereocenters. The number of halogens is 1. The second-order valence-electron chi connectivity index (χ2n) is 8.55. The Morgan fingerprint density at radius 2 is 2.06 bits per heavy atom. The van der Waals surface area contributed by atoms with Gasteiger partial charge in [-0.05, 0) is 48.7 Å². The SMILES string of the molecule is Cl.Cn1c2c(c3ccc(-n4ccc(OCc5ccccn5)cc4=N)cc31)C1CCC(C2)N1. The Bertz CT molecular complexity index is 1340. The van der Waals surface area contributed by atoms with Crippen molar-refractivity contribution in [2.24, 2.45) is 7.05 Å². The highest BCUT2D eigenvalue weighted by Crippen LogP contribution is 2.41. The van der Waals surface area contributed by atoms with Crippen LogP contribution >= 0.6 is 12.4 Å². The maximum Gasteiger partial charge on any atom is 0.133 e. The van der Waals surface area contributed by atoms with E-state index in [2.05, 4.69) is 40.1 Å². The molecular formula is C25H26ClN5O. The fourth-order valence-corrected chi connectivity index (χ4v) is 5.17. The van der Waals surface area contributed by atoms with E-state index >= 15 is 0 Å². The maximum absolute atomic E-state index is 8.54. The summed E-state index contributed by atoms with van der Waals surface area (Å²) in [5.74, 6) is 0.671. The molecular weight excluding hydrogens is 422 g/mol. The van der Waals surface area contributed by atoms with Crippen LogP contribution in [-0.4, -0.2) is 20.2 Å². The van der Waals surface area contributed by atoms with Crippen molar-refractivity contribution in [1.82, 2.24) is 19.4 Å². The molecule has 3 aromatic heterocycles. The van der Waals surface area contributed by atoms with E-state index in [0.717, 1.165) is 17.8 Å². The predicted molar refractivity (Wildman–Crippen MR) is 127 cm³/mol. The molecule has 1 aromatic carbocycles. The minimum Gasteiger partial charge on any atom is -0.487 e. The van der Waals surface area contributed by atoms with Crippen LogP contribution in [0.2, 0.25) is 0 Å². The third kappa shape index (κ3) is 3.40. The first-order chi connectivity index (χ1) is 15.2. The molecule has 2 unspecified atom stereocenters. The lowest BCUT2D eigenvalue weighted by molar-refractivity contribution is 0.300. The van der Waals surface area contributed by atoms with E-state index in [-0.39, 0.29) is 12.4 Å². The van der Waals surface area contributed by atoms with E-state index in [4.69, 9.17) is 10.1 Å². The van der Waals surface area contributed by atoms with Gasteiger partial charge >= 0.3 is 0 Å². The van der Waals surface area contributed by atoms with Gasteiger partial charge in [-0.2, -0.15) is 0 Å². The van der Waals surface area contributed by atoms with E-state index in [9.17, 15) is 0 Å². The van der Waals surface area contributed by atoms with Crippen molar-refractivity contribution in [1.29, 1.82) is 5.41 Å². The van der Waals surface area contributed by atoms with Crippen LogP contribution in [0.25, 0.3) is 16.6 Å². The zero-order chi connectivity index (χ0) is 20.9. The van der Waals surface area contributed by atoms with Crippen LogP contribution in [0, 0.1) is 5.41 Å². The Morgan fingerprint density at radius 1 is 1.16 bits per heavy atom. The van der Waals surface area contributed by atoms with E-state index in [0.29, 0.717) is 29.9 Å². The Balaban J connectivity index is 0.00000216. The number of pyridine rings is 2. The van der Waals surface area contributed by atoms with Crippen LogP contribution in [0.4, 0.5) is 0 Å². The molecule has 1 fully saturated rings. The highest BCUT2D eigenvalue weighted by molar-refractivity contribution is 5.88. The molecule has 2 bridgehead atoms. The summed E-state index contributed by atoms with van der Waals surface area (Å²) in [6.45, 7) is 0.390. The standard InChI is InChI=1S/C25H25N5O.ClH/c1-29-22-13-18(6-7-20(22)25-21-8-5-16(28-21)12-23(25)29)30-11-9-19(14-24(30)26)31-15-17-4-2-3-10-27-17;/h2-4,6-7,9-11,13-14,16,21,26,28H,5,8,12,15H2,1H3;1H. The normalized spacial score (nSPS) is 18.9. The van der Waals surface area contributed by atoms with Gasteiger partial charge in [0.2, 0.25) is 0 Å². The van der Waals surface area contributed by atoms with Crippen LogP contribution in [0.3, 0.4) is 0 Å². The van der Waals surface area contributed by atoms with Crippen LogP contribution in [-0.2, 0) is 20.1 Å². The monoisotopic (exact) mass is 447 g/mol. The number of nitrogens with zero attached hydrogens (tertiary/aromatic N) is 3. The third-order valence-corrected chi connectivity index (χ3v) is 6.69. The summed E-state index contributed by atoms with van der Waals surface area (Å²) in [6.07, 6.45) is 7.26. The molecule has 2 N–H and O–H groups in total. The third-order valence-electron chi connectivity index (χ3n) is 6.69. The summed E-state index contributed by atoms with van der Waals surface area (Å²) >= 11 is 0. The zero-order valence-corrected chi connectivity index (χ0v) is 18.7. The Hall–Kier alpha value is -3.09. The van der Waals surface area contributed by atoms with Gasteiger partial charge in [-0.1, -0.05) is 12.1 Å². The summed E-state index contributed by atoms with van der Waals surface area (Å²) in [7, 11) is 2.18. The molecule has 1 saturated heterocycles. The summed E-state index contributed by atoms with van der Waals surface area (Å²) in [6, 6.07) is 17.1. The quantitative estimate of drug-likeness (QED) is 0.492. The molecule has 4 aromatic rings. The lowest BCUT2D eigenvalue weighted by Crippen LogP contribution is -2.32. The number of aromatic nitrogens is 3. The molecule has 32 heavy (non-hydrogen) atoms. The van der Waals surface area contributed by atoms with E-state index in [1.165, 1.54) is 35.0 Å². The average Bonchev–Trinajstić information content (AvgIpc) is 3.31. The van der Waals surface area contributed by atoms with Crippen molar-refractivity contribution in [3.63, 3.8) is 0 Å². The van der Waals surface area contributed by atoms with Gasteiger partial charge in [0.05, 0.1) is 11.2 Å². The molecule has 2 aliphatic rings. The van der Waals surface area contributed by atoms with Crippen molar-refractivity contribution in [3.05, 3.63) is 83.4 Å². The smallest absolute Gasteiger partial charge is 0.133 e. The number of nitrogens with one attached hydrogen (secondary N) is 2. The molecule has 2 aliphatic heterocycles. The van der Waals surface area contributed by atoms with Crippen LogP contribution in [0.15, 0.2) is 60.9 Å². The number of aryl methyl sites for hydroxylation is 1. The van der Waals surface area contributed by atoms with Crippen molar-refractivity contribution in [3.8, 4) is 11.4 Å². The Labute approximate surface area is 192 Å². The highest BCUT2D eigenvalue weighted by atomic mass is 35.5. The fourth-order valence-electron chi connectivity index (χ4n) is 5.17. The highest BCUT2D eigenvalue weighted by Gasteiger charge is 2.35. The largest absolute Gasteiger partial charge is 0.487 e. The van der Waals surface area contributed by atoms with Gasteiger partial charge in [-0.25, -0.2) is 0 Å². The maximum atomic E-state index is 8.54. The topological polar surface area (TPSA) is 67.9 Å². The molecule has 0 spiro atoms. The first-order valence-corrected chi connectivity index (χ1v) is 10.8. The summed E-state index contributed by atoms with van der Waals surface area (Å²) in [5, 5.41) is 13.6. The molecule has 6 nitrogen and oxygen atoms in total. The fraction of sp³-hybridized carbons (Fsp3) is 0.280. The molecule has 0 radical (unpaired) electrons. The molecule has 0 aliphatic carbocycles. The lowest BCUT2D eigenvalue weighted by atomic mass is 9.99. The number of rotatable bonds is 4. The van der Waals surface area contributed by atoms with E-state index < -0.39 is 0 Å². The number of fused-ring (bicyclic) bond motifs is 6. The second-order valence-corrected chi connectivity index (χ2v) is 8.55. The van der Waals surface area contributed by atoms with Gasteiger partial charge in [0.15, 0.2) is 0 Å². The molecule has 0 amide bonds. The lowest BCUT2D eigenvalue weighted by Gasteiger charge is -2.23. The van der Waals surface area contributed by atoms with E-state index in [1.54, 1.807) is 12.3 Å². The average molecular weight is 448 g/mol. The number of hydrogen-bond donors (Lipinski definition) is 2. The van der Waals surface area contributed by atoms with Gasteiger partial charge in [0, 0.05) is 60.8 Å². The summed E-state index contributed by atoms with van der Waals surface area (Å²) < 4.78 is 10.1. The van der Waals surface area contributed by atoms with Gasteiger partial charge < -0.3 is 19.2 Å². The minimum atomic E-state index is 0. The Morgan fingerprint density at radius 3 is 2.88 bits per heavy atom.